The molecule has 40 heavy (non-hydrogen) atoms. The van der Waals surface area contributed by atoms with Crippen LogP contribution in [0.25, 0.3) is 0 Å². The number of rotatable bonds is 10. The minimum atomic E-state index is -0.457. The number of urea groups is 1. The highest BCUT2D eigenvalue weighted by Crippen LogP contribution is 2.32. The molecule has 0 aromatic heterocycles. The van der Waals surface area contributed by atoms with Crippen LogP contribution in [0.1, 0.15) is 23.7 Å². The summed E-state index contributed by atoms with van der Waals surface area (Å²) in [5.41, 5.74) is 3.40. The Morgan fingerprint density at radius 1 is 0.775 bits per heavy atom. The van der Waals surface area contributed by atoms with Crippen molar-refractivity contribution in [3.8, 4) is 17.2 Å². The van der Waals surface area contributed by atoms with Crippen molar-refractivity contribution in [3.63, 3.8) is 0 Å². The maximum atomic E-state index is 13.2. The van der Waals surface area contributed by atoms with E-state index in [1.807, 2.05) is 37.3 Å². The maximum Gasteiger partial charge on any atom is 0.323 e. The Kier molecular flexibility index (Phi) is 9.56. The van der Waals surface area contributed by atoms with Crippen molar-refractivity contribution in [2.45, 2.75) is 13.3 Å². The zero-order valence-corrected chi connectivity index (χ0v) is 23.5. The Bertz CT molecular complexity index is 1320. The van der Waals surface area contributed by atoms with Crippen molar-refractivity contribution < 1.29 is 23.8 Å². The highest BCUT2D eigenvalue weighted by atomic mass is 16.5. The van der Waals surface area contributed by atoms with Gasteiger partial charge in [-0.25, -0.2) is 4.79 Å². The Hall–Kier alpha value is -4.60. The Morgan fingerprint density at radius 2 is 1.48 bits per heavy atom. The van der Waals surface area contributed by atoms with Crippen molar-refractivity contribution >= 4 is 34.7 Å². The SMILES string of the molecule is CCCNC(=O)c1cc(NC(=O)Nc2ccc(OC)cc2OC)ccc1N1CCN(c2ccccc2OC)CC1. The molecule has 0 atom stereocenters. The summed E-state index contributed by atoms with van der Waals surface area (Å²) in [5, 5.41) is 8.60. The fraction of sp³-hybridized carbons (Fsp3) is 0.333. The van der Waals surface area contributed by atoms with E-state index < -0.39 is 6.03 Å². The van der Waals surface area contributed by atoms with Crippen LogP contribution < -0.4 is 40.0 Å². The first-order chi connectivity index (χ1) is 19.5. The zero-order chi connectivity index (χ0) is 28.5. The van der Waals surface area contributed by atoms with Crippen LogP contribution in [0.4, 0.5) is 27.5 Å². The lowest BCUT2D eigenvalue weighted by Crippen LogP contribution is -2.47. The third-order valence-corrected chi connectivity index (χ3v) is 6.74. The summed E-state index contributed by atoms with van der Waals surface area (Å²) in [7, 11) is 4.76. The molecule has 4 rings (SSSR count). The molecule has 10 nitrogen and oxygen atoms in total. The molecule has 1 saturated heterocycles. The second kappa shape index (κ2) is 13.5. The number of anilines is 4. The smallest absolute Gasteiger partial charge is 0.323 e. The molecule has 1 fully saturated rings. The number of benzene rings is 3. The molecule has 1 aliphatic heterocycles. The van der Waals surface area contributed by atoms with Gasteiger partial charge in [-0.1, -0.05) is 19.1 Å². The predicted molar refractivity (Wildman–Crippen MR) is 159 cm³/mol. The molecule has 212 valence electrons. The van der Waals surface area contributed by atoms with E-state index in [0.717, 1.165) is 49.7 Å². The van der Waals surface area contributed by atoms with Gasteiger partial charge in [0.25, 0.3) is 5.91 Å². The van der Waals surface area contributed by atoms with Gasteiger partial charge in [-0.2, -0.15) is 0 Å². The van der Waals surface area contributed by atoms with E-state index >= 15 is 0 Å². The molecule has 3 N–H and O–H groups in total. The van der Waals surface area contributed by atoms with Gasteiger partial charge in [-0.05, 0) is 48.9 Å². The number of piperazine rings is 1. The Labute approximate surface area is 235 Å². The summed E-state index contributed by atoms with van der Waals surface area (Å²) < 4.78 is 16.1. The van der Waals surface area contributed by atoms with E-state index in [1.54, 1.807) is 38.5 Å². The number of methoxy groups -OCH3 is 3. The van der Waals surface area contributed by atoms with E-state index in [-0.39, 0.29) is 5.91 Å². The second-order valence-corrected chi connectivity index (χ2v) is 9.28. The van der Waals surface area contributed by atoms with Gasteiger partial charge in [0, 0.05) is 50.2 Å². The number of nitrogens with zero attached hydrogens (tertiary/aromatic N) is 2. The fourth-order valence-electron chi connectivity index (χ4n) is 4.67. The number of hydrogen-bond acceptors (Lipinski definition) is 7. The molecular formula is C30H37N5O5. The van der Waals surface area contributed by atoms with Crippen LogP contribution in [0, 0.1) is 0 Å². The quantitative estimate of drug-likeness (QED) is 0.334. The molecule has 0 aliphatic carbocycles. The monoisotopic (exact) mass is 547 g/mol. The van der Waals surface area contributed by atoms with Crippen LogP contribution in [0.3, 0.4) is 0 Å². The minimum Gasteiger partial charge on any atom is -0.497 e. The van der Waals surface area contributed by atoms with Crippen LogP contribution in [-0.4, -0.2) is 66.0 Å². The van der Waals surface area contributed by atoms with Crippen LogP contribution in [-0.2, 0) is 0 Å². The van der Waals surface area contributed by atoms with E-state index in [0.29, 0.717) is 35.0 Å². The van der Waals surface area contributed by atoms with Gasteiger partial charge in [0.15, 0.2) is 0 Å². The third kappa shape index (κ3) is 6.69. The maximum absolute atomic E-state index is 13.2. The van der Waals surface area contributed by atoms with Gasteiger partial charge in [-0.15, -0.1) is 0 Å². The van der Waals surface area contributed by atoms with Gasteiger partial charge in [-0.3, -0.25) is 4.79 Å². The predicted octanol–water partition coefficient (Wildman–Crippen LogP) is 4.82. The lowest BCUT2D eigenvalue weighted by Gasteiger charge is -2.38. The molecule has 0 bridgehead atoms. The topological polar surface area (TPSA) is 104 Å². The summed E-state index contributed by atoms with van der Waals surface area (Å²) in [6.45, 7) is 5.60. The normalized spacial score (nSPS) is 12.9. The molecule has 0 saturated carbocycles. The van der Waals surface area contributed by atoms with Gasteiger partial charge in [0.05, 0.1) is 38.3 Å². The standard InChI is InChI=1S/C30H37N5O5/c1-5-14-31-29(36)23-19-21(32-30(37)33-24-12-11-22(38-2)20-28(24)40-4)10-13-25(23)34-15-17-35(18-16-34)26-8-6-7-9-27(26)39-3/h6-13,19-20H,5,14-18H2,1-4H3,(H,31,36)(H2,32,33,37). The number of carbonyl (C=O) groups excluding carboxylic acids is 2. The number of amides is 3. The molecule has 3 amide bonds. The fourth-order valence-corrected chi connectivity index (χ4v) is 4.67. The number of para-hydroxylation sites is 2. The average Bonchev–Trinajstić information content (AvgIpc) is 3.00. The van der Waals surface area contributed by atoms with Crippen LogP contribution in [0.15, 0.2) is 60.7 Å². The molecule has 1 aliphatic rings. The molecule has 0 radical (unpaired) electrons. The largest absolute Gasteiger partial charge is 0.497 e. The molecule has 3 aromatic carbocycles. The number of carbonyl (C=O) groups is 2. The first-order valence-corrected chi connectivity index (χ1v) is 13.3. The lowest BCUT2D eigenvalue weighted by molar-refractivity contribution is 0.0954. The van der Waals surface area contributed by atoms with Gasteiger partial charge < -0.3 is 40.0 Å². The third-order valence-electron chi connectivity index (χ3n) is 6.74. The van der Waals surface area contributed by atoms with Gasteiger partial charge >= 0.3 is 6.03 Å². The second-order valence-electron chi connectivity index (χ2n) is 9.28. The van der Waals surface area contributed by atoms with E-state index in [2.05, 4.69) is 31.8 Å². The Balaban J connectivity index is 1.50. The minimum absolute atomic E-state index is 0.176. The van der Waals surface area contributed by atoms with Crippen molar-refractivity contribution in [3.05, 3.63) is 66.2 Å². The molecule has 0 spiro atoms. The molecular weight excluding hydrogens is 510 g/mol. The highest BCUT2D eigenvalue weighted by molar-refractivity contribution is 6.04. The number of nitrogens with one attached hydrogen (secondary N) is 3. The summed E-state index contributed by atoms with van der Waals surface area (Å²) in [6.07, 6.45) is 0.822. The van der Waals surface area contributed by atoms with Gasteiger partial charge in [0.2, 0.25) is 0 Å². The van der Waals surface area contributed by atoms with Crippen LogP contribution >= 0.6 is 0 Å². The van der Waals surface area contributed by atoms with E-state index in [9.17, 15) is 9.59 Å². The van der Waals surface area contributed by atoms with Crippen molar-refractivity contribution in [1.82, 2.24) is 5.32 Å². The Morgan fingerprint density at radius 3 is 2.15 bits per heavy atom. The van der Waals surface area contributed by atoms with Gasteiger partial charge in [0.1, 0.15) is 17.2 Å². The van der Waals surface area contributed by atoms with Crippen molar-refractivity contribution in [2.75, 3.05) is 74.5 Å². The zero-order valence-electron chi connectivity index (χ0n) is 23.5. The average molecular weight is 548 g/mol. The summed E-state index contributed by atoms with van der Waals surface area (Å²) in [5.74, 6) is 1.75. The summed E-state index contributed by atoms with van der Waals surface area (Å²) >= 11 is 0. The molecule has 3 aromatic rings. The molecule has 10 heteroatoms. The molecule has 0 unspecified atom stereocenters. The summed E-state index contributed by atoms with van der Waals surface area (Å²) in [6, 6.07) is 18.1. The van der Waals surface area contributed by atoms with E-state index in [1.165, 1.54) is 7.11 Å². The first-order valence-electron chi connectivity index (χ1n) is 13.3. The van der Waals surface area contributed by atoms with Crippen LogP contribution in [0.2, 0.25) is 0 Å². The van der Waals surface area contributed by atoms with Crippen molar-refractivity contribution in [1.29, 1.82) is 0 Å². The highest BCUT2D eigenvalue weighted by Gasteiger charge is 2.24. The van der Waals surface area contributed by atoms with Crippen LogP contribution in [0.5, 0.6) is 17.2 Å². The summed E-state index contributed by atoms with van der Waals surface area (Å²) in [4.78, 5) is 30.5. The number of hydrogen-bond donors (Lipinski definition) is 3. The lowest BCUT2D eigenvalue weighted by atomic mass is 10.1. The number of ether oxygens (including phenoxy) is 3. The first kappa shape index (κ1) is 28.4. The molecule has 1 heterocycles. The van der Waals surface area contributed by atoms with E-state index in [4.69, 9.17) is 14.2 Å². The van der Waals surface area contributed by atoms with Crippen molar-refractivity contribution in [2.24, 2.45) is 0 Å².